The summed E-state index contributed by atoms with van der Waals surface area (Å²) < 4.78 is 0. The molecule has 1 N–H and O–H groups in total. The van der Waals surface area contributed by atoms with Crippen molar-refractivity contribution < 1.29 is 37.8 Å². The first-order valence-electron chi connectivity index (χ1n) is 4.02. The van der Waals surface area contributed by atoms with Crippen LogP contribution in [-0.2, 0) is 32.7 Å². The Labute approximate surface area is 94.2 Å². The Kier molecular flexibility index (Phi) is 7.14. The van der Waals surface area contributed by atoms with Gasteiger partial charge in [-0.3, -0.25) is 0 Å². The molecule has 1 radical (unpaired) electrons. The monoisotopic (exact) mass is 231 g/mol. The van der Waals surface area contributed by atoms with Crippen molar-refractivity contribution in [2.45, 2.75) is 25.4 Å². The predicted octanol–water partition coefficient (Wildman–Crippen LogP) is 0.665. The number of hydrogen-bond donors (Lipinski definition) is 1. The van der Waals surface area contributed by atoms with Crippen LogP contribution in [0.25, 0.3) is 0 Å². The smallest absolute Gasteiger partial charge is 0 e. The van der Waals surface area contributed by atoms with Crippen molar-refractivity contribution in [2.75, 3.05) is 19.6 Å². The number of aliphatic hydroxyl groups is 1. The Hall–Kier alpha value is 1.02. The second-order valence-electron chi connectivity index (χ2n) is 3.02. The fourth-order valence-electron chi connectivity index (χ4n) is 1.44. The van der Waals surface area contributed by atoms with Gasteiger partial charge in [-0.1, -0.05) is 12.5 Å². The van der Waals surface area contributed by atoms with E-state index in [-0.39, 0.29) is 32.7 Å². The first-order valence-corrected chi connectivity index (χ1v) is 4.02. The Morgan fingerprint density at radius 1 is 1.27 bits per heavy atom. The number of likely N-dealkylation sites (tertiary alicyclic amines) is 1. The molecule has 1 atom stereocenters. The average Bonchev–Trinajstić information content (AvgIpc) is 1.88. The normalized spacial score (nSPS) is 22.4. The van der Waals surface area contributed by atoms with Gasteiger partial charge in [-0.25, -0.2) is 0 Å². The van der Waals surface area contributed by atoms with Crippen LogP contribution in [-0.4, -0.2) is 35.7 Å². The van der Waals surface area contributed by atoms with Crippen LogP contribution in [0.2, 0.25) is 0 Å². The first-order chi connectivity index (χ1) is 4.79. The molecule has 2 nitrogen and oxygen atoms in total. The number of piperidine rings is 1. The molecule has 0 saturated carbocycles. The minimum atomic E-state index is -0.405. The number of aliphatic hydroxyl groups excluding tert-OH is 1. The van der Waals surface area contributed by atoms with Crippen LogP contribution in [0, 0.1) is 6.92 Å². The van der Waals surface area contributed by atoms with E-state index in [2.05, 4.69) is 11.8 Å². The molecule has 0 aromatic rings. The van der Waals surface area contributed by atoms with E-state index in [9.17, 15) is 0 Å². The van der Waals surface area contributed by atoms with Crippen LogP contribution in [0.15, 0.2) is 0 Å². The topological polar surface area (TPSA) is 23.5 Å². The third-order valence-electron chi connectivity index (χ3n) is 1.92. The molecule has 1 aliphatic heterocycles. The first kappa shape index (κ1) is 12.0. The molecule has 0 aromatic heterocycles. The number of rotatable bonds is 2. The SMILES string of the molecule is [CH2-]C(O)CN1CCCCC1.[Y]. The average molecular weight is 231 g/mol. The fourth-order valence-corrected chi connectivity index (χ4v) is 1.44. The van der Waals surface area contributed by atoms with E-state index < -0.39 is 6.10 Å². The molecular weight excluding hydrogens is 215 g/mol. The minimum Gasteiger partial charge on any atom is -0.424 e. The zero-order valence-corrected chi connectivity index (χ0v) is 9.84. The van der Waals surface area contributed by atoms with Gasteiger partial charge in [-0.05, 0) is 32.5 Å². The van der Waals surface area contributed by atoms with Crippen molar-refractivity contribution in [2.24, 2.45) is 0 Å². The zero-order valence-electron chi connectivity index (χ0n) is 7.00. The van der Waals surface area contributed by atoms with E-state index in [1.165, 1.54) is 19.3 Å². The molecule has 11 heavy (non-hydrogen) atoms. The Bertz CT molecular complexity index is 92.1. The molecule has 0 aliphatic carbocycles. The van der Waals surface area contributed by atoms with E-state index in [0.29, 0.717) is 0 Å². The van der Waals surface area contributed by atoms with E-state index in [0.717, 1.165) is 19.6 Å². The van der Waals surface area contributed by atoms with Gasteiger partial charge in [0, 0.05) is 32.7 Å². The molecule has 1 rings (SSSR count). The quantitative estimate of drug-likeness (QED) is 0.706. The van der Waals surface area contributed by atoms with Crippen LogP contribution in [0.1, 0.15) is 19.3 Å². The largest absolute Gasteiger partial charge is 0.424 e. The molecule has 1 saturated heterocycles. The van der Waals surface area contributed by atoms with Crippen LogP contribution in [0.4, 0.5) is 0 Å². The van der Waals surface area contributed by atoms with Gasteiger partial charge < -0.3 is 16.9 Å². The van der Waals surface area contributed by atoms with Gasteiger partial charge in [0.05, 0.1) is 0 Å². The summed E-state index contributed by atoms with van der Waals surface area (Å²) in [5, 5.41) is 8.95. The molecule has 1 aliphatic rings. The van der Waals surface area contributed by atoms with Gasteiger partial charge in [-0.15, -0.1) is 0 Å². The van der Waals surface area contributed by atoms with Crippen molar-refractivity contribution in [3.8, 4) is 0 Å². The summed E-state index contributed by atoms with van der Waals surface area (Å²) in [7, 11) is 0. The summed E-state index contributed by atoms with van der Waals surface area (Å²) >= 11 is 0. The molecule has 0 amide bonds. The molecular formula is C8H16NOY-. The third-order valence-corrected chi connectivity index (χ3v) is 1.92. The molecule has 1 unspecified atom stereocenters. The number of nitrogens with zero attached hydrogens (tertiary/aromatic N) is 1. The summed E-state index contributed by atoms with van der Waals surface area (Å²) in [6.45, 7) is 6.59. The summed E-state index contributed by atoms with van der Waals surface area (Å²) in [6.07, 6.45) is 3.52. The van der Waals surface area contributed by atoms with Gasteiger partial charge in [-0.2, -0.15) is 0 Å². The van der Waals surface area contributed by atoms with Crippen LogP contribution in [0.5, 0.6) is 0 Å². The number of hydrogen-bond acceptors (Lipinski definition) is 2. The van der Waals surface area contributed by atoms with E-state index in [4.69, 9.17) is 5.11 Å². The van der Waals surface area contributed by atoms with Gasteiger partial charge in [0.15, 0.2) is 0 Å². The number of β-amino-alcohol motifs (C(OH)–C–C–N with tert-alkyl or cyclic N) is 1. The van der Waals surface area contributed by atoms with Crippen LogP contribution in [0.3, 0.4) is 0 Å². The second-order valence-corrected chi connectivity index (χ2v) is 3.02. The standard InChI is InChI=1S/C8H16NO.Y/c1-8(10)7-9-5-3-2-4-6-9;/h8,10H,1-7H2;/q-1;. The molecule has 0 aromatic carbocycles. The van der Waals surface area contributed by atoms with Crippen molar-refractivity contribution in [1.29, 1.82) is 0 Å². The Morgan fingerprint density at radius 2 is 1.82 bits per heavy atom. The maximum absolute atomic E-state index is 8.95. The van der Waals surface area contributed by atoms with E-state index >= 15 is 0 Å². The van der Waals surface area contributed by atoms with Crippen molar-refractivity contribution in [3.63, 3.8) is 0 Å². The summed E-state index contributed by atoms with van der Waals surface area (Å²) in [6, 6.07) is 0. The van der Waals surface area contributed by atoms with E-state index in [1.807, 2.05) is 0 Å². The molecule has 0 spiro atoms. The van der Waals surface area contributed by atoms with Gasteiger partial charge in [0.25, 0.3) is 0 Å². The van der Waals surface area contributed by atoms with E-state index in [1.54, 1.807) is 0 Å². The molecule has 1 heterocycles. The van der Waals surface area contributed by atoms with Crippen LogP contribution >= 0.6 is 0 Å². The molecule has 1 fully saturated rings. The maximum atomic E-state index is 8.95. The van der Waals surface area contributed by atoms with Gasteiger partial charge in [0.1, 0.15) is 0 Å². The van der Waals surface area contributed by atoms with Crippen molar-refractivity contribution >= 4 is 0 Å². The third kappa shape index (κ3) is 5.29. The maximum Gasteiger partial charge on any atom is 0 e. The predicted molar refractivity (Wildman–Crippen MR) is 41.7 cm³/mol. The summed E-state index contributed by atoms with van der Waals surface area (Å²) in [5.74, 6) is 0. The molecule has 0 bridgehead atoms. The van der Waals surface area contributed by atoms with Crippen LogP contribution < -0.4 is 0 Å². The summed E-state index contributed by atoms with van der Waals surface area (Å²) in [5.41, 5.74) is 0. The zero-order chi connectivity index (χ0) is 7.40. The second kappa shape index (κ2) is 6.53. The van der Waals surface area contributed by atoms with Crippen molar-refractivity contribution in [3.05, 3.63) is 6.92 Å². The van der Waals surface area contributed by atoms with Crippen molar-refractivity contribution in [1.82, 2.24) is 4.90 Å². The molecule has 63 valence electrons. The minimum absolute atomic E-state index is 0. The fraction of sp³-hybridized carbons (Fsp3) is 0.875. The Morgan fingerprint density at radius 3 is 2.27 bits per heavy atom. The van der Waals surface area contributed by atoms with Gasteiger partial charge in [0.2, 0.25) is 0 Å². The Balaban J connectivity index is 0.000001000. The molecule has 3 heteroatoms. The summed E-state index contributed by atoms with van der Waals surface area (Å²) in [4.78, 5) is 2.28. The van der Waals surface area contributed by atoms with Gasteiger partial charge >= 0.3 is 0 Å².